The summed E-state index contributed by atoms with van der Waals surface area (Å²) < 4.78 is 31.6. The molecular formula is C11H17N3O5S. The van der Waals surface area contributed by atoms with Crippen LogP contribution < -0.4 is 25.7 Å². The molecule has 1 aromatic carbocycles. The molecule has 0 aliphatic carbocycles. The highest BCUT2D eigenvalue weighted by molar-refractivity contribution is 7.89. The Labute approximate surface area is 117 Å². The number of ether oxygens (including phenoxy) is 2. The van der Waals surface area contributed by atoms with Crippen molar-refractivity contribution in [3.63, 3.8) is 0 Å². The van der Waals surface area contributed by atoms with E-state index in [1.165, 1.54) is 26.4 Å². The normalized spacial score (nSPS) is 10.9. The summed E-state index contributed by atoms with van der Waals surface area (Å²) in [6, 6.07) is 2.87. The number of nitrogens with two attached hydrogens (primary N) is 2. The van der Waals surface area contributed by atoms with Gasteiger partial charge in [0.2, 0.25) is 10.0 Å². The number of hydrogen-bond acceptors (Lipinski definition) is 6. The number of nitrogens with one attached hydrogen (secondary N) is 1. The maximum Gasteiger partial charge on any atom is 0.253 e. The molecule has 0 fully saturated rings. The molecule has 0 radical (unpaired) electrons. The summed E-state index contributed by atoms with van der Waals surface area (Å²) >= 11 is 0. The molecule has 0 aromatic heterocycles. The standard InChI is InChI=1S/C11H17N3O5S/c1-18-9-5-7(8(12)6-10(9)19-2)11(15)14-3-4-20(13,16)17/h5-6H,3-4,12H2,1-2H3,(H,14,15)(H2,13,16,17). The second-order valence-electron chi connectivity index (χ2n) is 3.92. The lowest BCUT2D eigenvalue weighted by atomic mass is 10.1. The summed E-state index contributed by atoms with van der Waals surface area (Å²) in [4.78, 5) is 11.9. The predicted octanol–water partition coefficient (Wildman–Crippen LogP) is -0.696. The van der Waals surface area contributed by atoms with Crippen molar-refractivity contribution in [1.29, 1.82) is 0 Å². The maximum atomic E-state index is 11.9. The Kier molecular flexibility index (Phi) is 5.17. The molecule has 1 rings (SSSR count). The quantitative estimate of drug-likeness (QED) is 0.595. The molecule has 0 aliphatic heterocycles. The van der Waals surface area contributed by atoms with Crippen LogP contribution in [0.2, 0.25) is 0 Å². The fourth-order valence-corrected chi connectivity index (χ4v) is 1.88. The minimum absolute atomic E-state index is 0.106. The Bertz CT molecular complexity index is 600. The lowest BCUT2D eigenvalue weighted by Gasteiger charge is -2.12. The highest BCUT2D eigenvalue weighted by atomic mass is 32.2. The Morgan fingerprint density at radius 1 is 1.25 bits per heavy atom. The minimum atomic E-state index is -3.63. The molecular weight excluding hydrogens is 286 g/mol. The van der Waals surface area contributed by atoms with Crippen molar-refractivity contribution in [2.45, 2.75) is 0 Å². The Balaban J connectivity index is 2.88. The first-order chi connectivity index (χ1) is 9.28. The van der Waals surface area contributed by atoms with E-state index in [-0.39, 0.29) is 23.5 Å². The van der Waals surface area contributed by atoms with E-state index >= 15 is 0 Å². The number of anilines is 1. The number of nitrogen functional groups attached to an aromatic ring is 1. The van der Waals surface area contributed by atoms with Crippen molar-refractivity contribution in [2.75, 3.05) is 32.3 Å². The lowest BCUT2D eigenvalue weighted by molar-refractivity contribution is 0.0956. The zero-order valence-electron chi connectivity index (χ0n) is 11.2. The first kappa shape index (κ1) is 16.1. The molecule has 0 spiro atoms. The van der Waals surface area contributed by atoms with E-state index in [0.717, 1.165) is 0 Å². The number of carbonyl (C=O) groups is 1. The van der Waals surface area contributed by atoms with Crippen LogP contribution in [0.3, 0.4) is 0 Å². The van der Waals surface area contributed by atoms with Gasteiger partial charge in [-0.25, -0.2) is 13.6 Å². The maximum absolute atomic E-state index is 11.9. The average Bonchev–Trinajstić information content (AvgIpc) is 2.36. The zero-order chi connectivity index (χ0) is 15.3. The Hall–Kier alpha value is -2.00. The molecule has 0 unspecified atom stereocenters. The van der Waals surface area contributed by atoms with Gasteiger partial charge in [0.1, 0.15) is 0 Å². The van der Waals surface area contributed by atoms with Gasteiger partial charge in [0.15, 0.2) is 11.5 Å². The molecule has 5 N–H and O–H groups in total. The molecule has 0 bridgehead atoms. The van der Waals surface area contributed by atoms with Crippen molar-refractivity contribution in [3.8, 4) is 11.5 Å². The highest BCUT2D eigenvalue weighted by Gasteiger charge is 2.15. The van der Waals surface area contributed by atoms with Crippen LogP contribution in [-0.4, -0.2) is 40.8 Å². The Morgan fingerprint density at radius 3 is 2.30 bits per heavy atom. The van der Waals surface area contributed by atoms with Gasteiger partial charge in [-0.05, 0) is 6.07 Å². The number of primary sulfonamides is 1. The number of sulfonamides is 1. The molecule has 9 heteroatoms. The van der Waals surface area contributed by atoms with Gasteiger partial charge in [0.25, 0.3) is 5.91 Å². The lowest BCUT2D eigenvalue weighted by Crippen LogP contribution is -2.31. The summed E-state index contributed by atoms with van der Waals surface area (Å²) in [7, 11) is -0.751. The second-order valence-corrected chi connectivity index (χ2v) is 5.65. The Morgan fingerprint density at radius 2 is 1.80 bits per heavy atom. The van der Waals surface area contributed by atoms with Crippen molar-refractivity contribution in [1.82, 2.24) is 5.32 Å². The molecule has 1 amide bonds. The van der Waals surface area contributed by atoms with Crippen molar-refractivity contribution in [3.05, 3.63) is 17.7 Å². The molecule has 8 nitrogen and oxygen atoms in total. The van der Waals surface area contributed by atoms with Crippen LogP contribution in [0, 0.1) is 0 Å². The third-order valence-corrected chi connectivity index (χ3v) is 3.25. The van der Waals surface area contributed by atoms with Crippen LogP contribution in [0.1, 0.15) is 10.4 Å². The molecule has 0 atom stereocenters. The first-order valence-electron chi connectivity index (χ1n) is 5.58. The van der Waals surface area contributed by atoms with E-state index in [9.17, 15) is 13.2 Å². The fraction of sp³-hybridized carbons (Fsp3) is 0.364. The fourth-order valence-electron chi connectivity index (χ4n) is 1.49. The van der Waals surface area contributed by atoms with E-state index < -0.39 is 15.9 Å². The van der Waals surface area contributed by atoms with E-state index in [2.05, 4.69) is 5.32 Å². The van der Waals surface area contributed by atoms with Gasteiger partial charge < -0.3 is 20.5 Å². The monoisotopic (exact) mass is 303 g/mol. The number of rotatable bonds is 6. The van der Waals surface area contributed by atoms with Crippen molar-refractivity contribution >= 4 is 21.6 Å². The number of benzene rings is 1. The largest absolute Gasteiger partial charge is 0.493 e. The van der Waals surface area contributed by atoms with Crippen LogP contribution in [-0.2, 0) is 10.0 Å². The van der Waals surface area contributed by atoms with Crippen LogP contribution >= 0.6 is 0 Å². The molecule has 0 saturated carbocycles. The third-order valence-electron chi connectivity index (χ3n) is 2.47. The van der Waals surface area contributed by atoms with Gasteiger partial charge in [-0.15, -0.1) is 0 Å². The summed E-state index contributed by atoms with van der Waals surface area (Å²) in [5.41, 5.74) is 6.09. The van der Waals surface area contributed by atoms with Gasteiger partial charge in [0, 0.05) is 18.3 Å². The van der Waals surface area contributed by atoms with E-state index in [4.69, 9.17) is 20.3 Å². The smallest absolute Gasteiger partial charge is 0.253 e. The topological polar surface area (TPSA) is 134 Å². The van der Waals surface area contributed by atoms with Crippen LogP contribution in [0.5, 0.6) is 11.5 Å². The summed E-state index contributed by atoms with van der Waals surface area (Å²) in [6.45, 7) is -0.106. The second kappa shape index (κ2) is 6.44. The van der Waals surface area contributed by atoms with Crippen LogP contribution in [0.4, 0.5) is 5.69 Å². The van der Waals surface area contributed by atoms with Gasteiger partial charge in [-0.2, -0.15) is 0 Å². The number of hydrogen-bond donors (Lipinski definition) is 3. The van der Waals surface area contributed by atoms with Crippen molar-refractivity contribution < 1.29 is 22.7 Å². The summed E-state index contributed by atoms with van der Waals surface area (Å²) in [6.07, 6.45) is 0. The molecule has 0 aliphatic rings. The highest BCUT2D eigenvalue weighted by Crippen LogP contribution is 2.31. The van der Waals surface area contributed by atoms with Crippen LogP contribution in [0.15, 0.2) is 12.1 Å². The predicted molar refractivity (Wildman–Crippen MR) is 74.3 cm³/mol. The van der Waals surface area contributed by atoms with E-state index in [0.29, 0.717) is 11.5 Å². The average molecular weight is 303 g/mol. The molecule has 0 saturated heterocycles. The zero-order valence-corrected chi connectivity index (χ0v) is 12.0. The minimum Gasteiger partial charge on any atom is -0.493 e. The van der Waals surface area contributed by atoms with Gasteiger partial charge >= 0.3 is 0 Å². The number of amides is 1. The van der Waals surface area contributed by atoms with Gasteiger partial charge in [0.05, 0.1) is 25.5 Å². The molecule has 20 heavy (non-hydrogen) atoms. The number of carbonyl (C=O) groups excluding carboxylic acids is 1. The molecule has 1 aromatic rings. The summed E-state index contributed by atoms with van der Waals surface area (Å²) in [5.74, 6) is -0.136. The van der Waals surface area contributed by atoms with Crippen LogP contribution in [0.25, 0.3) is 0 Å². The van der Waals surface area contributed by atoms with E-state index in [1.807, 2.05) is 0 Å². The first-order valence-corrected chi connectivity index (χ1v) is 7.30. The van der Waals surface area contributed by atoms with E-state index in [1.54, 1.807) is 0 Å². The van der Waals surface area contributed by atoms with Gasteiger partial charge in [-0.1, -0.05) is 0 Å². The molecule has 112 valence electrons. The summed E-state index contributed by atoms with van der Waals surface area (Å²) in [5, 5.41) is 7.24. The third kappa shape index (κ3) is 4.28. The van der Waals surface area contributed by atoms with Crippen molar-refractivity contribution in [2.24, 2.45) is 5.14 Å². The SMILES string of the molecule is COc1cc(N)c(C(=O)NCCS(N)(=O)=O)cc1OC. The molecule has 0 heterocycles. The van der Waals surface area contributed by atoms with Gasteiger partial charge in [-0.3, -0.25) is 4.79 Å². The number of methoxy groups -OCH3 is 2.